The molecule has 0 radical (unpaired) electrons. The van der Waals surface area contributed by atoms with Crippen LogP contribution in [-0.2, 0) is 15.7 Å². The van der Waals surface area contributed by atoms with Gasteiger partial charge in [-0.3, -0.25) is 4.57 Å². The molecule has 2 fully saturated rings. The van der Waals surface area contributed by atoms with Crippen LogP contribution < -0.4 is 5.32 Å². The number of carbonyl (C=O) groups is 1. The monoisotopic (exact) mass is 393 g/mol. The molecule has 1 unspecified atom stereocenters. The van der Waals surface area contributed by atoms with Crippen LogP contribution in [0.25, 0.3) is 0 Å². The van der Waals surface area contributed by atoms with Crippen molar-refractivity contribution >= 4 is 14.4 Å². The van der Waals surface area contributed by atoms with Crippen molar-refractivity contribution in [2.24, 2.45) is 5.92 Å². The van der Waals surface area contributed by atoms with Gasteiger partial charge >= 0.3 is 5.97 Å². The number of nitrogens with one attached hydrogen (secondary N) is 1. The quantitative estimate of drug-likeness (QED) is 0.616. The molecule has 1 heterocycles. The second-order valence-corrected chi connectivity index (χ2v) is 8.77. The van der Waals surface area contributed by atoms with Crippen LogP contribution in [-0.4, -0.2) is 46.8 Å². The Morgan fingerprint density at radius 3 is 2.70 bits per heavy atom. The molecule has 1 aromatic carbocycles. The van der Waals surface area contributed by atoms with Gasteiger partial charge in [-0.1, -0.05) is 44.2 Å². The Bertz CT molecular complexity index is 656. The Kier molecular flexibility index (Phi) is 6.99. The minimum Gasteiger partial charge on any atom is -0.478 e. The molecule has 1 saturated carbocycles. The molecule has 148 valence electrons. The van der Waals surface area contributed by atoms with Crippen LogP contribution in [0.15, 0.2) is 24.3 Å². The largest absolute Gasteiger partial charge is 0.478 e. The highest BCUT2D eigenvalue weighted by atomic mass is 31.1. The van der Waals surface area contributed by atoms with E-state index in [2.05, 4.69) is 5.32 Å². The minimum atomic E-state index is -1.34. The standard InChI is InChI=1S/C20H28NO5P/c22-19(23)16-8-4-7-15(9-16)10-17-13-26-18(12-21-17)20(24,27-25)11-14-5-2-1-3-6-14/h4,7-9,14,17-18,21,24H,1-3,5-6,10-13H2,(H,22,23)/t17-,18-,20?/m1/s1. The van der Waals surface area contributed by atoms with Gasteiger partial charge in [-0.2, -0.15) is 0 Å². The summed E-state index contributed by atoms with van der Waals surface area (Å²) >= 11 is 0. The van der Waals surface area contributed by atoms with Crippen molar-refractivity contribution in [3.63, 3.8) is 0 Å². The Balaban J connectivity index is 1.54. The molecular formula is C20H28NO5P. The summed E-state index contributed by atoms with van der Waals surface area (Å²) in [6.07, 6.45) is 6.42. The lowest BCUT2D eigenvalue weighted by Gasteiger charge is -2.39. The lowest BCUT2D eigenvalue weighted by Crippen LogP contribution is -2.55. The Morgan fingerprint density at radius 1 is 1.30 bits per heavy atom. The maximum Gasteiger partial charge on any atom is 0.335 e. The number of aromatic carboxylic acids is 1. The van der Waals surface area contributed by atoms with Gasteiger partial charge in [0.25, 0.3) is 0 Å². The van der Waals surface area contributed by atoms with Gasteiger partial charge in [0.05, 0.1) is 12.2 Å². The molecule has 0 bridgehead atoms. The Morgan fingerprint density at radius 2 is 2.07 bits per heavy atom. The van der Waals surface area contributed by atoms with Gasteiger partial charge in [0.1, 0.15) is 6.10 Å². The van der Waals surface area contributed by atoms with Gasteiger partial charge < -0.3 is 20.3 Å². The van der Waals surface area contributed by atoms with Gasteiger partial charge in [0.2, 0.25) is 0 Å². The first kappa shape index (κ1) is 20.4. The summed E-state index contributed by atoms with van der Waals surface area (Å²) < 4.78 is 17.7. The third-order valence-corrected chi connectivity index (χ3v) is 6.52. The van der Waals surface area contributed by atoms with Crippen LogP contribution in [0.5, 0.6) is 0 Å². The molecule has 0 spiro atoms. The van der Waals surface area contributed by atoms with E-state index < -0.39 is 17.4 Å². The molecule has 1 aliphatic carbocycles. The van der Waals surface area contributed by atoms with Gasteiger partial charge in [-0.05, 0) is 36.5 Å². The number of hydrogen-bond acceptors (Lipinski definition) is 5. The van der Waals surface area contributed by atoms with Crippen LogP contribution in [0.2, 0.25) is 0 Å². The number of carboxylic acids is 1. The SMILES string of the molecule is O=PC(O)(CC1CCCCC1)[C@H]1CN[C@H](Cc2cccc(C(=O)O)c2)CO1. The highest BCUT2D eigenvalue weighted by molar-refractivity contribution is 7.25. The molecule has 1 aromatic rings. The fourth-order valence-electron chi connectivity index (χ4n) is 4.21. The number of hydrogen-bond donors (Lipinski definition) is 3. The van der Waals surface area contributed by atoms with E-state index in [0.29, 0.717) is 31.9 Å². The van der Waals surface area contributed by atoms with Crippen molar-refractivity contribution in [3.05, 3.63) is 35.4 Å². The fourth-order valence-corrected chi connectivity index (χ4v) is 4.83. The van der Waals surface area contributed by atoms with E-state index in [9.17, 15) is 14.5 Å². The second kappa shape index (κ2) is 9.24. The molecule has 2 aliphatic rings. The molecular weight excluding hydrogens is 365 g/mol. The van der Waals surface area contributed by atoms with E-state index in [4.69, 9.17) is 9.84 Å². The van der Waals surface area contributed by atoms with E-state index in [1.54, 1.807) is 18.2 Å². The van der Waals surface area contributed by atoms with Crippen LogP contribution in [0.3, 0.4) is 0 Å². The summed E-state index contributed by atoms with van der Waals surface area (Å²) in [6.45, 7) is 0.826. The zero-order valence-corrected chi connectivity index (χ0v) is 16.4. The maximum absolute atomic E-state index is 11.8. The van der Waals surface area contributed by atoms with Gasteiger partial charge in [-0.25, -0.2) is 4.79 Å². The molecule has 3 rings (SSSR count). The molecule has 7 heteroatoms. The maximum atomic E-state index is 11.8. The van der Waals surface area contributed by atoms with E-state index in [1.165, 1.54) is 19.3 Å². The molecule has 6 nitrogen and oxygen atoms in total. The van der Waals surface area contributed by atoms with E-state index >= 15 is 0 Å². The Hall–Kier alpha value is -1.33. The first-order valence-electron chi connectivity index (χ1n) is 9.74. The molecule has 3 atom stereocenters. The van der Waals surface area contributed by atoms with E-state index in [0.717, 1.165) is 18.4 Å². The predicted molar refractivity (Wildman–Crippen MR) is 102 cm³/mol. The third-order valence-electron chi connectivity index (χ3n) is 5.73. The summed E-state index contributed by atoms with van der Waals surface area (Å²) in [7, 11) is -0.274. The summed E-state index contributed by atoms with van der Waals surface area (Å²) in [6, 6.07) is 6.92. The average molecular weight is 393 g/mol. The van der Waals surface area contributed by atoms with Gasteiger partial charge in [0.15, 0.2) is 13.8 Å². The number of benzene rings is 1. The predicted octanol–water partition coefficient (Wildman–Crippen LogP) is 3.24. The van der Waals surface area contributed by atoms with Crippen molar-refractivity contribution in [2.75, 3.05) is 13.2 Å². The lowest BCUT2D eigenvalue weighted by molar-refractivity contribution is -0.0942. The number of carboxylic acid groups (broad SMARTS) is 1. The summed E-state index contributed by atoms with van der Waals surface area (Å²) in [5.41, 5.74) is 1.20. The summed E-state index contributed by atoms with van der Waals surface area (Å²) in [5, 5.41) is 22.0. The van der Waals surface area contributed by atoms with Crippen molar-refractivity contribution in [2.45, 2.75) is 62.4 Å². The number of aliphatic hydroxyl groups is 1. The molecule has 0 amide bonds. The van der Waals surface area contributed by atoms with E-state index in [-0.39, 0.29) is 20.1 Å². The van der Waals surface area contributed by atoms with Crippen LogP contribution >= 0.6 is 8.46 Å². The molecule has 1 aliphatic heterocycles. The van der Waals surface area contributed by atoms with Crippen LogP contribution in [0.1, 0.15) is 54.4 Å². The topological polar surface area (TPSA) is 95.9 Å². The smallest absolute Gasteiger partial charge is 0.335 e. The Labute approximate surface area is 161 Å². The molecule has 27 heavy (non-hydrogen) atoms. The molecule has 0 aromatic heterocycles. The normalized spacial score (nSPS) is 26.6. The first-order chi connectivity index (χ1) is 13.0. The zero-order valence-electron chi connectivity index (χ0n) is 15.5. The minimum absolute atomic E-state index is 0.0348. The number of morpholine rings is 1. The molecule has 3 N–H and O–H groups in total. The van der Waals surface area contributed by atoms with Gasteiger partial charge in [0, 0.05) is 12.6 Å². The lowest BCUT2D eigenvalue weighted by atomic mass is 9.84. The average Bonchev–Trinajstić information content (AvgIpc) is 2.69. The van der Waals surface area contributed by atoms with Crippen LogP contribution in [0.4, 0.5) is 0 Å². The first-order valence-corrected chi connectivity index (χ1v) is 10.6. The van der Waals surface area contributed by atoms with Crippen molar-refractivity contribution in [3.8, 4) is 0 Å². The van der Waals surface area contributed by atoms with Crippen molar-refractivity contribution in [1.29, 1.82) is 0 Å². The van der Waals surface area contributed by atoms with E-state index in [1.807, 2.05) is 6.07 Å². The van der Waals surface area contributed by atoms with Crippen molar-refractivity contribution in [1.82, 2.24) is 5.32 Å². The van der Waals surface area contributed by atoms with Crippen LogP contribution in [0, 0.1) is 5.92 Å². The van der Waals surface area contributed by atoms with Crippen molar-refractivity contribution < 1.29 is 24.3 Å². The second-order valence-electron chi connectivity index (χ2n) is 7.81. The zero-order chi connectivity index (χ0) is 19.3. The highest BCUT2D eigenvalue weighted by Gasteiger charge is 2.43. The fraction of sp³-hybridized carbons (Fsp3) is 0.650. The summed E-state index contributed by atoms with van der Waals surface area (Å²) in [4.78, 5) is 11.1. The highest BCUT2D eigenvalue weighted by Crippen LogP contribution is 2.39. The number of ether oxygens (including phenoxy) is 1. The number of rotatable bonds is 7. The van der Waals surface area contributed by atoms with Gasteiger partial charge in [-0.15, -0.1) is 0 Å². The summed E-state index contributed by atoms with van der Waals surface area (Å²) in [5.74, 6) is -0.530. The third kappa shape index (κ3) is 5.35. The molecule has 1 saturated heterocycles.